The molecule has 0 aliphatic carbocycles. The Hall–Kier alpha value is -0.610. The normalized spacial score (nSPS) is 23.6. The van der Waals surface area contributed by atoms with Crippen LogP contribution in [0.5, 0.6) is 0 Å². The smallest absolute Gasteiger partial charge is 0.236 e. The fourth-order valence-electron chi connectivity index (χ4n) is 3.16. The Morgan fingerprint density at radius 2 is 1.89 bits per heavy atom. The molecule has 0 spiro atoms. The molecule has 2 saturated heterocycles. The zero-order valence-electron chi connectivity index (χ0n) is 12.5. The van der Waals surface area contributed by atoms with E-state index in [9.17, 15) is 4.79 Å². The average Bonchev–Trinajstić information content (AvgIpc) is 2.68. The highest BCUT2D eigenvalue weighted by atomic mass is 16.2. The van der Waals surface area contributed by atoms with Gasteiger partial charge in [-0.25, -0.2) is 0 Å². The van der Waals surface area contributed by atoms with Crippen LogP contribution in [-0.4, -0.2) is 61.5 Å². The zero-order valence-corrected chi connectivity index (χ0v) is 12.5. The van der Waals surface area contributed by atoms with E-state index in [0.29, 0.717) is 12.5 Å². The molecule has 2 aliphatic heterocycles. The first-order chi connectivity index (χ1) is 9.16. The number of nitrogens with one attached hydrogen (secondary N) is 1. The molecule has 0 atom stereocenters. The van der Waals surface area contributed by atoms with Gasteiger partial charge >= 0.3 is 0 Å². The number of rotatable bonds is 3. The third-order valence-electron chi connectivity index (χ3n) is 4.63. The molecule has 0 saturated carbocycles. The lowest BCUT2D eigenvalue weighted by Gasteiger charge is -2.34. The van der Waals surface area contributed by atoms with E-state index in [4.69, 9.17) is 0 Å². The molecule has 0 bridgehead atoms. The number of hydrogen-bond donors (Lipinski definition) is 1. The van der Waals surface area contributed by atoms with Crippen molar-refractivity contribution in [2.24, 2.45) is 11.8 Å². The Bertz CT molecular complexity index is 277. The molecule has 2 rings (SSSR count). The van der Waals surface area contributed by atoms with E-state index in [1.165, 1.54) is 12.8 Å². The largest absolute Gasteiger partial charge is 0.340 e. The second kappa shape index (κ2) is 7.25. The molecule has 0 radical (unpaired) electrons. The van der Waals surface area contributed by atoms with Crippen LogP contribution in [0.25, 0.3) is 0 Å². The van der Waals surface area contributed by atoms with Crippen LogP contribution in [0.4, 0.5) is 0 Å². The summed E-state index contributed by atoms with van der Waals surface area (Å²) in [6.07, 6.45) is 3.60. The van der Waals surface area contributed by atoms with Crippen LogP contribution in [-0.2, 0) is 4.79 Å². The minimum atomic E-state index is 0.326. The Labute approximate surface area is 117 Å². The molecule has 1 N–H and O–H groups in total. The minimum absolute atomic E-state index is 0.326. The van der Waals surface area contributed by atoms with Crippen LogP contribution in [0.15, 0.2) is 0 Å². The quantitative estimate of drug-likeness (QED) is 0.834. The molecule has 4 heteroatoms. The number of nitrogens with zero attached hydrogens (tertiary/aromatic N) is 2. The third kappa shape index (κ3) is 4.46. The molecule has 2 heterocycles. The van der Waals surface area contributed by atoms with Crippen LogP contribution in [0.1, 0.15) is 33.1 Å². The first-order valence-electron chi connectivity index (χ1n) is 7.87. The molecule has 1 amide bonds. The maximum atomic E-state index is 12.3. The van der Waals surface area contributed by atoms with Gasteiger partial charge in [-0.15, -0.1) is 0 Å². The van der Waals surface area contributed by atoms with Gasteiger partial charge in [0.2, 0.25) is 5.91 Å². The van der Waals surface area contributed by atoms with E-state index in [1.807, 2.05) is 4.90 Å². The van der Waals surface area contributed by atoms with Crippen molar-refractivity contribution in [1.82, 2.24) is 15.1 Å². The van der Waals surface area contributed by atoms with E-state index in [2.05, 4.69) is 24.1 Å². The van der Waals surface area contributed by atoms with Crippen molar-refractivity contribution in [3.05, 3.63) is 0 Å². The maximum Gasteiger partial charge on any atom is 0.236 e. The van der Waals surface area contributed by atoms with Crippen molar-refractivity contribution in [3.63, 3.8) is 0 Å². The van der Waals surface area contributed by atoms with E-state index < -0.39 is 0 Å². The van der Waals surface area contributed by atoms with Crippen LogP contribution >= 0.6 is 0 Å². The van der Waals surface area contributed by atoms with Crippen molar-refractivity contribution in [2.75, 3.05) is 45.8 Å². The van der Waals surface area contributed by atoms with Crippen LogP contribution in [0, 0.1) is 11.8 Å². The molecule has 19 heavy (non-hydrogen) atoms. The average molecular weight is 267 g/mol. The summed E-state index contributed by atoms with van der Waals surface area (Å²) < 4.78 is 0. The summed E-state index contributed by atoms with van der Waals surface area (Å²) in [4.78, 5) is 16.7. The molecular formula is C15H29N3O. The highest BCUT2D eigenvalue weighted by Gasteiger charge is 2.24. The third-order valence-corrected chi connectivity index (χ3v) is 4.63. The summed E-state index contributed by atoms with van der Waals surface area (Å²) in [5.74, 6) is 1.97. The highest BCUT2D eigenvalue weighted by molar-refractivity contribution is 5.78. The molecule has 0 aromatic carbocycles. The van der Waals surface area contributed by atoms with Crippen LogP contribution in [0.2, 0.25) is 0 Å². The first kappa shape index (κ1) is 14.8. The van der Waals surface area contributed by atoms with Gasteiger partial charge in [0.25, 0.3) is 0 Å². The summed E-state index contributed by atoms with van der Waals surface area (Å²) in [6.45, 7) is 11.2. The number of hydrogen-bond acceptors (Lipinski definition) is 3. The first-order valence-corrected chi connectivity index (χ1v) is 7.87. The van der Waals surface area contributed by atoms with Gasteiger partial charge in [0.15, 0.2) is 0 Å². The summed E-state index contributed by atoms with van der Waals surface area (Å²) >= 11 is 0. The van der Waals surface area contributed by atoms with Crippen molar-refractivity contribution >= 4 is 5.91 Å². The standard InChI is InChI=1S/C15H29N3O/c1-13(2)14-4-9-17(10-5-14)12-15(19)18-8-3-6-16-7-11-18/h13-14,16H,3-12H2,1-2H3. The molecule has 2 fully saturated rings. The molecule has 0 aromatic heterocycles. The molecule has 0 unspecified atom stereocenters. The molecule has 4 nitrogen and oxygen atoms in total. The van der Waals surface area contributed by atoms with E-state index >= 15 is 0 Å². The Morgan fingerprint density at radius 1 is 1.16 bits per heavy atom. The van der Waals surface area contributed by atoms with Crippen LogP contribution < -0.4 is 5.32 Å². The van der Waals surface area contributed by atoms with Gasteiger partial charge in [0.05, 0.1) is 6.54 Å². The number of carbonyl (C=O) groups is 1. The Morgan fingerprint density at radius 3 is 2.58 bits per heavy atom. The second-order valence-corrected chi connectivity index (χ2v) is 6.34. The topological polar surface area (TPSA) is 35.6 Å². The van der Waals surface area contributed by atoms with Gasteiger partial charge in [0.1, 0.15) is 0 Å². The number of amides is 1. The molecule has 2 aliphatic rings. The van der Waals surface area contributed by atoms with Gasteiger partial charge in [0, 0.05) is 19.6 Å². The van der Waals surface area contributed by atoms with Crippen molar-refractivity contribution < 1.29 is 4.79 Å². The van der Waals surface area contributed by atoms with Gasteiger partial charge in [-0.2, -0.15) is 0 Å². The van der Waals surface area contributed by atoms with E-state index in [0.717, 1.165) is 57.5 Å². The predicted molar refractivity (Wildman–Crippen MR) is 78.1 cm³/mol. The van der Waals surface area contributed by atoms with Crippen molar-refractivity contribution in [1.29, 1.82) is 0 Å². The van der Waals surface area contributed by atoms with Crippen LogP contribution in [0.3, 0.4) is 0 Å². The summed E-state index contributed by atoms with van der Waals surface area (Å²) in [7, 11) is 0. The summed E-state index contributed by atoms with van der Waals surface area (Å²) in [5, 5.41) is 3.35. The Kier molecular flexibility index (Phi) is 5.64. The second-order valence-electron chi connectivity index (χ2n) is 6.34. The van der Waals surface area contributed by atoms with Crippen molar-refractivity contribution in [3.8, 4) is 0 Å². The predicted octanol–water partition coefficient (Wildman–Crippen LogP) is 1.18. The lowest BCUT2D eigenvalue weighted by Crippen LogP contribution is -2.44. The van der Waals surface area contributed by atoms with E-state index in [-0.39, 0.29) is 0 Å². The van der Waals surface area contributed by atoms with Gasteiger partial charge in [-0.05, 0) is 50.7 Å². The molecule has 110 valence electrons. The SMILES string of the molecule is CC(C)C1CCN(CC(=O)N2CCCNCC2)CC1. The summed E-state index contributed by atoms with van der Waals surface area (Å²) in [5.41, 5.74) is 0. The van der Waals surface area contributed by atoms with Gasteiger partial charge in [-0.3, -0.25) is 9.69 Å². The van der Waals surface area contributed by atoms with E-state index in [1.54, 1.807) is 0 Å². The van der Waals surface area contributed by atoms with Crippen molar-refractivity contribution in [2.45, 2.75) is 33.1 Å². The molecular weight excluding hydrogens is 238 g/mol. The fourth-order valence-corrected chi connectivity index (χ4v) is 3.16. The maximum absolute atomic E-state index is 12.3. The minimum Gasteiger partial charge on any atom is -0.340 e. The zero-order chi connectivity index (χ0) is 13.7. The number of carbonyl (C=O) groups excluding carboxylic acids is 1. The number of piperidine rings is 1. The number of likely N-dealkylation sites (tertiary alicyclic amines) is 1. The van der Waals surface area contributed by atoms with Gasteiger partial charge < -0.3 is 10.2 Å². The Balaban J connectivity index is 1.73. The lowest BCUT2D eigenvalue weighted by atomic mass is 9.87. The summed E-state index contributed by atoms with van der Waals surface area (Å²) in [6, 6.07) is 0. The fraction of sp³-hybridized carbons (Fsp3) is 0.933. The highest BCUT2D eigenvalue weighted by Crippen LogP contribution is 2.24. The molecule has 0 aromatic rings. The monoisotopic (exact) mass is 267 g/mol. The lowest BCUT2D eigenvalue weighted by molar-refractivity contribution is -0.132. The van der Waals surface area contributed by atoms with Gasteiger partial charge in [-0.1, -0.05) is 13.8 Å².